The lowest BCUT2D eigenvalue weighted by atomic mass is 9.85. The normalized spacial score (nSPS) is 27.7. The molecule has 3 N–H and O–H groups in total. The van der Waals surface area contributed by atoms with E-state index in [9.17, 15) is 19.2 Å². The van der Waals surface area contributed by atoms with E-state index in [0.29, 0.717) is 71.1 Å². The highest BCUT2D eigenvalue weighted by Gasteiger charge is 2.62. The van der Waals surface area contributed by atoms with Crippen molar-refractivity contribution in [3.8, 4) is 11.5 Å². The van der Waals surface area contributed by atoms with E-state index in [1.165, 1.54) is 25.5 Å². The molecule has 3 amide bonds. The van der Waals surface area contributed by atoms with Gasteiger partial charge in [0.15, 0.2) is 0 Å². The maximum absolute atomic E-state index is 14.6. The molecule has 0 spiro atoms. The number of anilines is 1. The maximum atomic E-state index is 14.6. The minimum atomic E-state index is -1.17. The molecule has 6 rings (SSSR count). The van der Waals surface area contributed by atoms with Crippen molar-refractivity contribution in [2.24, 2.45) is 23.2 Å². The van der Waals surface area contributed by atoms with E-state index in [-0.39, 0.29) is 25.0 Å². The first-order valence-electron chi connectivity index (χ1n) is 18.5. The summed E-state index contributed by atoms with van der Waals surface area (Å²) in [5, 5.41) is 9.92. The van der Waals surface area contributed by atoms with Gasteiger partial charge in [0.25, 0.3) is 0 Å². The van der Waals surface area contributed by atoms with Crippen LogP contribution in [0.1, 0.15) is 66.2 Å². The van der Waals surface area contributed by atoms with E-state index in [1.807, 2.05) is 27.7 Å². The lowest BCUT2D eigenvalue weighted by Crippen LogP contribution is -2.59. The third-order valence-electron chi connectivity index (χ3n) is 11.2. The van der Waals surface area contributed by atoms with Crippen molar-refractivity contribution in [2.45, 2.75) is 96.1 Å². The fourth-order valence-corrected chi connectivity index (χ4v) is 8.31. The Bertz CT molecular complexity index is 1730. The molecule has 290 valence electrons. The molecule has 8 atom stereocenters. The molecule has 1 aromatic carbocycles. The van der Waals surface area contributed by atoms with Crippen molar-refractivity contribution in [3.63, 3.8) is 0 Å². The van der Waals surface area contributed by atoms with Gasteiger partial charge in [-0.15, -0.1) is 0 Å². The van der Waals surface area contributed by atoms with Gasteiger partial charge in [0.05, 0.1) is 32.9 Å². The van der Waals surface area contributed by atoms with Gasteiger partial charge in [-0.05, 0) is 61.0 Å². The second kappa shape index (κ2) is 15.4. The number of hydrogen-bond donors (Lipinski definition) is 3. The number of esters is 1. The lowest BCUT2D eigenvalue weighted by Gasteiger charge is -2.35. The number of halogens is 1. The Hall–Kier alpha value is -4.04. The number of carbonyl (C=O) groups is 4. The van der Waals surface area contributed by atoms with Crippen molar-refractivity contribution >= 4 is 52.2 Å². The summed E-state index contributed by atoms with van der Waals surface area (Å²) in [6, 6.07) is 3.21. The Balaban J connectivity index is 1.29. The van der Waals surface area contributed by atoms with Crippen LogP contribution >= 0.6 is 11.6 Å². The van der Waals surface area contributed by atoms with Gasteiger partial charge in [-0.25, -0.2) is 14.6 Å². The van der Waals surface area contributed by atoms with Gasteiger partial charge in [0, 0.05) is 31.5 Å². The second-order valence-corrected chi connectivity index (χ2v) is 16.2. The van der Waals surface area contributed by atoms with Crippen LogP contribution in [-0.4, -0.2) is 105 Å². The highest BCUT2D eigenvalue weighted by atomic mass is 35.5. The summed E-state index contributed by atoms with van der Waals surface area (Å²) in [6.45, 7) is 8.42. The highest BCUT2D eigenvalue weighted by Crippen LogP contribution is 2.52. The second-order valence-electron chi connectivity index (χ2n) is 15.8. The van der Waals surface area contributed by atoms with E-state index in [0.717, 1.165) is 12.8 Å². The van der Waals surface area contributed by atoms with Crippen LogP contribution in [-0.2, 0) is 28.6 Å². The number of alkyl carbamates (subject to hydrolysis) is 1. The van der Waals surface area contributed by atoms with Crippen LogP contribution < -0.4 is 25.4 Å². The number of benzene rings is 1. The van der Waals surface area contributed by atoms with E-state index in [4.69, 9.17) is 40.3 Å². The van der Waals surface area contributed by atoms with Gasteiger partial charge in [-0.3, -0.25) is 9.59 Å². The first kappa shape index (κ1) is 38.7. The molecule has 4 fully saturated rings. The van der Waals surface area contributed by atoms with Gasteiger partial charge in [0.2, 0.25) is 11.8 Å². The zero-order valence-corrected chi connectivity index (χ0v) is 32.3. The Morgan fingerprint density at radius 2 is 1.77 bits per heavy atom. The number of ether oxygens (including phenoxy) is 5. The number of hydrogen-bond acceptors (Lipinski definition) is 11. The predicted octanol–water partition coefficient (Wildman–Crippen LogP) is 4.70. The van der Waals surface area contributed by atoms with Crippen LogP contribution in [0.15, 0.2) is 18.2 Å². The first-order chi connectivity index (χ1) is 25.2. The number of carbonyl (C=O) groups excluding carboxylic acids is 4. The van der Waals surface area contributed by atoms with Crippen LogP contribution in [0.5, 0.6) is 11.5 Å². The summed E-state index contributed by atoms with van der Waals surface area (Å²) >= 11 is 6.72. The van der Waals surface area contributed by atoms with Crippen molar-refractivity contribution in [3.05, 3.63) is 23.2 Å². The quantitative estimate of drug-likeness (QED) is 0.181. The summed E-state index contributed by atoms with van der Waals surface area (Å²) in [6.07, 6.45) is 2.58. The number of nitrogens with one attached hydrogen (secondary N) is 3. The van der Waals surface area contributed by atoms with Crippen molar-refractivity contribution in [1.29, 1.82) is 0 Å². The molecule has 4 aliphatic rings. The topological polar surface area (TPSA) is 167 Å². The number of aromatic nitrogens is 1. The number of amides is 3. The Morgan fingerprint density at radius 3 is 2.40 bits per heavy atom. The van der Waals surface area contributed by atoms with Gasteiger partial charge < -0.3 is 44.5 Å². The van der Waals surface area contributed by atoms with Gasteiger partial charge >= 0.3 is 12.1 Å². The lowest BCUT2D eigenvalue weighted by molar-refractivity contribution is -0.148. The third-order valence-corrected chi connectivity index (χ3v) is 11.5. The molecule has 2 aromatic rings. The molecule has 0 radical (unpaired) electrons. The van der Waals surface area contributed by atoms with Crippen LogP contribution in [0.4, 0.5) is 10.6 Å². The SMILES string of the molecule is CC[C@@H]1C[C@]1(NC(=O)[C@@H]1C[C@@H](Oc2cc(NCCOC)nc3c(Cl)c(OC)ccc23)CN1C(=O)[C@@H](NC(=O)O[C@@H]1C[C@@H]2C[C@@H]2C1)C(C)(C)C)C(=O)OC. The smallest absolute Gasteiger partial charge is 0.408 e. The summed E-state index contributed by atoms with van der Waals surface area (Å²) in [5.41, 5.74) is -1.47. The van der Waals surface area contributed by atoms with Crippen molar-refractivity contribution in [2.75, 3.05) is 46.3 Å². The molecule has 1 aromatic heterocycles. The minimum Gasteiger partial charge on any atom is -0.495 e. The molecule has 14 nitrogen and oxygen atoms in total. The van der Waals surface area contributed by atoms with Crippen molar-refractivity contribution in [1.82, 2.24) is 20.5 Å². The molecule has 2 heterocycles. The Labute approximate surface area is 315 Å². The standard InChI is InChI=1S/C38H52ClN5O9/c1-8-22-18-38(22,35(47)51-7)43-33(45)26-16-24(52-28-17-29(40-11-12-49-5)41-31-25(28)9-10-27(50-6)30(31)39)19-44(26)34(46)32(37(2,3)4)42-36(48)53-23-14-20-13-21(20)15-23/h9-10,17,20-24,26,32H,8,11-16,18-19H2,1-7H3,(H,40,41)(H,42,48)(H,43,45)/t20-,21+,22-,23+,24-,26+,32-,38-/m1/s1. The van der Waals surface area contributed by atoms with Gasteiger partial charge in [0.1, 0.15) is 52.2 Å². The number of rotatable bonds is 14. The number of nitrogens with zero attached hydrogens (tertiary/aromatic N) is 2. The summed E-state index contributed by atoms with van der Waals surface area (Å²) in [4.78, 5) is 61.2. The van der Waals surface area contributed by atoms with Crippen LogP contribution in [0, 0.1) is 23.2 Å². The molecular weight excluding hydrogens is 706 g/mol. The Morgan fingerprint density at radius 1 is 1.04 bits per heavy atom. The average Bonchev–Trinajstić information content (AvgIpc) is 3.93. The molecule has 1 saturated heterocycles. The van der Waals surface area contributed by atoms with Crippen molar-refractivity contribution < 1.29 is 42.9 Å². The summed E-state index contributed by atoms with van der Waals surface area (Å²) < 4.78 is 28.1. The van der Waals surface area contributed by atoms with Gasteiger partial charge in [-0.1, -0.05) is 45.7 Å². The molecule has 15 heteroatoms. The molecular formula is C38H52ClN5O9. The van der Waals surface area contributed by atoms with Crippen LogP contribution in [0.2, 0.25) is 5.02 Å². The largest absolute Gasteiger partial charge is 0.495 e. The van der Waals surface area contributed by atoms with E-state index < -0.39 is 53.0 Å². The highest BCUT2D eigenvalue weighted by molar-refractivity contribution is 6.36. The Kier molecular flexibility index (Phi) is 11.2. The fraction of sp³-hybridized carbons (Fsp3) is 0.658. The van der Waals surface area contributed by atoms with E-state index >= 15 is 0 Å². The monoisotopic (exact) mass is 757 g/mol. The first-order valence-corrected chi connectivity index (χ1v) is 18.8. The molecule has 1 aliphatic heterocycles. The third kappa shape index (κ3) is 8.08. The zero-order chi connectivity index (χ0) is 38.2. The minimum absolute atomic E-state index is 0.0226. The average molecular weight is 758 g/mol. The van der Waals surface area contributed by atoms with Crippen LogP contribution in [0.3, 0.4) is 0 Å². The van der Waals surface area contributed by atoms with E-state index in [2.05, 4.69) is 16.0 Å². The number of fused-ring (bicyclic) bond motifs is 2. The maximum Gasteiger partial charge on any atom is 0.408 e. The number of pyridine rings is 1. The van der Waals surface area contributed by atoms with Gasteiger partial charge in [-0.2, -0.15) is 0 Å². The molecule has 53 heavy (non-hydrogen) atoms. The number of likely N-dealkylation sites (tertiary alicyclic amines) is 1. The fourth-order valence-electron chi connectivity index (χ4n) is 8.03. The summed E-state index contributed by atoms with van der Waals surface area (Å²) in [5.74, 6) is 1.02. The number of methoxy groups -OCH3 is 3. The zero-order valence-electron chi connectivity index (χ0n) is 31.6. The molecule has 0 unspecified atom stereocenters. The van der Waals surface area contributed by atoms with Crippen LogP contribution in [0.25, 0.3) is 10.9 Å². The molecule has 3 aliphatic carbocycles. The van der Waals surface area contributed by atoms with E-state index in [1.54, 1.807) is 25.3 Å². The predicted molar refractivity (Wildman–Crippen MR) is 197 cm³/mol. The molecule has 0 bridgehead atoms. The molecule has 3 saturated carbocycles. The summed E-state index contributed by atoms with van der Waals surface area (Å²) in [7, 11) is 4.42.